The first kappa shape index (κ1) is 16.1. The summed E-state index contributed by atoms with van der Waals surface area (Å²) >= 11 is 0. The van der Waals surface area contributed by atoms with Gasteiger partial charge in [-0.25, -0.2) is 0 Å². The molecule has 1 aliphatic rings. The number of carbonyl (C=O) groups excluding carboxylic acids is 2. The minimum atomic E-state index is -0.468. The van der Waals surface area contributed by atoms with Crippen molar-refractivity contribution in [2.75, 3.05) is 11.4 Å². The van der Waals surface area contributed by atoms with Crippen LogP contribution in [0.5, 0.6) is 5.75 Å². The van der Waals surface area contributed by atoms with Gasteiger partial charge < -0.3 is 10.4 Å². The quantitative estimate of drug-likeness (QED) is 0.886. The van der Waals surface area contributed by atoms with Crippen LogP contribution in [0.3, 0.4) is 0 Å². The number of hydrogen-bond donors (Lipinski definition) is 2. The molecule has 3 rings (SSSR count). The summed E-state index contributed by atoms with van der Waals surface area (Å²) in [7, 11) is 0. The molecule has 5 heteroatoms. The second kappa shape index (κ2) is 7.17. The van der Waals surface area contributed by atoms with Crippen molar-refractivity contribution in [2.45, 2.75) is 25.3 Å². The van der Waals surface area contributed by atoms with Crippen LogP contribution in [-0.2, 0) is 16.0 Å². The molecule has 0 aromatic heterocycles. The van der Waals surface area contributed by atoms with E-state index < -0.39 is 6.04 Å². The van der Waals surface area contributed by atoms with E-state index in [0.717, 1.165) is 11.3 Å². The lowest BCUT2D eigenvalue weighted by Crippen LogP contribution is -2.45. The van der Waals surface area contributed by atoms with Gasteiger partial charge in [-0.3, -0.25) is 14.5 Å². The number of amides is 2. The summed E-state index contributed by atoms with van der Waals surface area (Å²) in [5.74, 6) is 0.0517. The van der Waals surface area contributed by atoms with Crippen molar-refractivity contribution >= 4 is 17.5 Å². The van der Waals surface area contributed by atoms with E-state index in [1.807, 2.05) is 42.5 Å². The van der Waals surface area contributed by atoms with Crippen LogP contribution in [0.2, 0.25) is 0 Å². The maximum atomic E-state index is 12.5. The molecule has 0 spiro atoms. The molecule has 1 aliphatic heterocycles. The van der Waals surface area contributed by atoms with Crippen LogP contribution in [0.25, 0.3) is 0 Å². The van der Waals surface area contributed by atoms with E-state index in [1.165, 1.54) is 0 Å². The molecule has 1 unspecified atom stereocenters. The molecular formula is C19H20N2O3. The number of rotatable bonds is 5. The highest BCUT2D eigenvalue weighted by Crippen LogP contribution is 2.26. The van der Waals surface area contributed by atoms with Crippen LogP contribution >= 0.6 is 0 Å². The minimum Gasteiger partial charge on any atom is -0.508 e. The summed E-state index contributed by atoms with van der Waals surface area (Å²) in [4.78, 5) is 26.2. The normalized spacial score (nSPS) is 17.1. The standard InChI is InChI=1S/C19H20N2O3/c22-17-9-5-4-6-14(17)12-13-20-19(24)16-10-11-18(23)21(16)15-7-2-1-3-8-15/h1-9,16,22H,10-13H2,(H,20,24). The molecule has 0 radical (unpaired) electrons. The molecule has 1 atom stereocenters. The van der Waals surface area contributed by atoms with Gasteiger partial charge in [0.25, 0.3) is 0 Å². The van der Waals surface area contributed by atoms with E-state index >= 15 is 0 Å². The number of phenolic OH excluding ortho intramolecular Hbond substituents is 1. The average Bonchev–Trinajstić information content (AvgIpc) is 2.99. The van der Waals surface area contributed by atoms with Crippen LogP contribution in [0.15, 0.2) is 54.6 Å². The molecule has 1 heterocycles. The first-order valence-electron chi connectivity index (χ1n) is 8.08. The van der Waals surface area contributed by atoms with Gasteiger partial charge in [0.15, 0.2) is 0 Å². The molecule has 2 amide bonds. The molecule has 1 fully saturated rings. The predicted molar refractivity (Wildman–Crippen MR) is 91.8 cm³/mol. The Morgan fingerprint density at radius 1 is 1.12 bits per heavy atom. The summed E-state index contributed by atoms with van der Waals surface area (Å²) < 4.78 is 0. The molecule has 5 nitrogen and oxygen atoms in total. The third kappa shape index (κ3) is 3.40. The number of para-hydroxylation sites is 2. The van der Waals surface area contributed by atoms with Gasteiger partial charge in [-0.15, -0.1) is 0 Å². The first-order valence-corrected chi connectivity index (χ1v) is 8.08. The largest absolute Gasteiger partial charge is 0.508 e. The van der Waals surface area contributed by atoms with E-state index in [4.69, 9.17) is 0 Å². The molecule has 0 saturated carbocycles. The van der Waals surface area contributed by atoms with E-state index in [9.17, 15) is 14.7 Å². The topological polar surface area (TPSA) is 69.6 Å². The second-order valence-electron chi connectivity index (χ2n) is 5.82. The number of nitrogens with one attached hydrogen (secondary N) is 1. The van der Waals surface area contributed by atoms with Gasteiger partial charge in [0, 0.05) is 18.7 Å². The SMILES string of the molecule is O=C(NCCc1ccccc1O)C1CCC(=O)N1c1ccccc1. The fraction of sp³-hybridized carbons (Fsp3) is 0.263. The van der Waals surface area contributed by atoms with Crippen molar-refractivity contribution in [1.29, 1.82) is 0 Å². The van der Waals surface area contributed by atoms with Crippen molar-refractivity contribution in [3.05, 3.63) is 60.2 Å². The zero-order chi connectivity index (χ0) is 16.9. The Hall–Kier alpha value is -2.82. The zero-order valence-electron chi connectivity index (χ0n) is 13.3. The number of anilines is 1. The lowest BCUT2D eigenvalue weighted by atomic mass is 10.1. The van der Waals surface area contributed by atoms with E-state index in [-0.39, 0.29) is 17.6 Å². The summed E-state index contributed by atoms with van der Waals surface area (Å²) in [5.41, 5.74) is 1.54. The first-order chi connectivity index (χ1) is 11.7. The highest BCUT2D eigenvalue weighted by atomic mass is 16.3. The molecule has 0 bridgehead atoms. The van der Waals surface area contributed by atoms with Gasteiger partial charge >= 0.3 is 0 Å². The van der Waals surface area contributed by atoms with Gasteiger partial charge in [-0.2, -0.15) is 0 Å². The molecular weight excluding hydrogens is 304 g/mol. The van der Waals surface area contributed by atoms with Crippen molar-refractivity contribution < 1.29 is 14.7 Å². The minimum absolute atomic E-state index is 0.0259. The molecule has 2 aromatic rings. The van der Waals surface area contributed by atoms with Crippen molar-refractivity contribution in [3.63, 3.8) is 0 Å². The Labute approximate surface area is 140 Å². The zero-order valence-corrected chi connectivity index (χ0v) is 13.3. The smallest absolute Gasteiger partial charge is 0.243 e. The number of hydrogen-bond acceptors (Lipinski definition) is 3. The number of aromatic hydroxyl groups is 1. The third-order valence-electron chi connectivity index (χ3n) is 4.23. The van der Waals surface area contributed by atoms with E-state index in [1.54, 1.807) is 17.0 Å². The van der Waals surface area contributed by atoms with Crippen molar-refractivity contribution in [2.24, 2.45) is 0 Å². The predicted octanol–water partition coefficient (Wildman–Crippen LogP) is 2.25. The molecule has 124 valence electrons. The van der Waals surface area contributed by atoms with Crippen LogP contribution in [0.1, 0.15) is 18.4 Å². The molecule has 24 heavy (non-hydrogen) atoms. The second-order valence-corrected chi connectivity index (χ2v) is 5.82. The molecule has 2 N–H and O–H groups in total. The van der Waals surface area contributed by atoms with Gasteiger partial charge in [0.05, 0.1) is 0 Å². The molecule has 0 aliphatic carbocycles. The fourth-order valence-corrected chi connectivity index (χ4v) is 3.00. The van der Waals surface area contributed by atoms with E-state index in [0.29, 0.717) is 25.8 Å². The fourth-order valence-electron chi connectivity index (χ4n) is 3.00. The van der Waals surface area contributed by atoms with Gasteiger partial charge in [-0.1, -0.05) is 36.4 Å². The van der Waals surface area contributed by atoms with E-state index in [2.05, 4.69) is 5.32 Å². The highest BCUT2D eigenvalue weighted by molar-refractivity contribution is 6.03. The molecule has 2 aromatic carbocycles. The van der Waals surface area contributed by atoms with Crippen LogP contribution < -0.4 is 10.2 Å². The monoisotopic (exact) mass is 324 g/mol. The van der Waals surface area contributed by atoms with Crippen molar-refractivity contribution in [3.8, 4) is 5.75 Å². The summed E-state index contributed by atoms with van der Waals surface area (Å²) in [6.45, 7) is 0.420. The number of carbonyl (C=O) groups is 2. The Bertz CT molecular complexity index is 730. The van der Waals surface area contributed by atoms with Gasteiger partial charge in [0.1, 0.15) is 11.8 Å². The lowest BCUT2D eigenvalue weighted by Gasteiger charge is -2.24. The van der Waals surface area contributed by atoms with Crippen LogP contribution in [0.4, 0.5) is 5.69 Å². The Balaban J connectivity index is 1.62. The average molecular weight is 324 g/mol. The number of benzene rings is 2. The van der Waals surface area contributed by atoms with Gasteiger partial charge in [-0.05, 0) is 36.6 Å². The van der Waals surface area contributed by atoms with Crippen LogP contribution in [0, 0.1) is 0 Å². The summed E-state index contributed by atoms with van der Waals surface area (Å²) in [6.07, 6.45) is 1.45. The Morgan fingerprint density at radius 2 is 1.83 bits per heavy atom. The lowest BCUT2D eigenvalue weighted by molar-refractivity contribution is -0.123. The maximum absolute atomic E-state index is 12.5. The number of nitrogens with zero attached hydrogens (tertiary/aromatic N) is 1. The maximum Gasteiger partial charge on any atom is 0.243 e. The van der Waals surface area contributed by atoms with Crippen molar-refractivity contribution in [1.82, 2.24) is 5.32 Å². The Morgan fingerprint density at radius 3 is 2.58 bits per heavy atom. The summed E-state index contributed by atoms with van der Waals surface area (Å²) in [6, 6.07) is 15.9. The van der Waals surface area contributed by atoms with Crippen LogP contribution in [-0.4, -0.2) is 29.5 Å². The number of phenols is 1. The molecule has 1 saturated heterocycles. The summed E-state index contributed by atoms with van der Waals surface area (Å²) in [5, 5.41) is 12.6. The third-order valence-corrected chi connectivity index (χ3v) is 4.23. The Kier molecular flexibility index (Phi) is 4.79. The highest BCUT2D eigenvalue weighted by Gasteiger charge is 2.36. The van der Waals surface area contributed by atoms with Gasteiger partial charge in [0.2, 0.25) is 11.8 Å².